The van der Waals surface area contributed by atoms with Crippen molar-refractivity contribution < 1.29 is 37.3 Å². The molecule has 1 amide bonds. The van der Waals surface area contributed by atoms with Crippen LogP contribution in [0, 0.1) is 0 Å². The summed E-state index contributed by atoms with van der Waals surface area (Å²) in [4.78, 5) is 38.0. The maximum absolute atomic E-state index is 13.6. The average Bonchev–Trinajstić information content (AvgIpc) is 3.70. The number of esters is 1. The number of carbonyl (C=O) groups is 2. The largest absolute Gasteiger partial charge is 0.472 e. The first-order valence-electron chi connectivity index (χ1n) is 37.6. The van der Waals surface area contributed by atoms with E-state index in [1.165, 1.54) is 257 Å². The van der Waals surface area contributed by atoms with Crippen LogP contribution in [-0.2, 0) is 27.9 Å². The normalized spacial score (nSPS) is 13.8. The van der Waals surface area contributed by atoms with Crippen molar-refractivity contribution in [3.05, 3.63) is 60.8 Å². The number of phosphoric acid groups is 1. The molecule has 3 unspecified atom stereocenters. The van der Waals surface area contributed by atoms with Gasteiger partial charge in [0.2, 0.25) is 5.91 Å². The summed E-state index contributed by atoms with van der Waals surface area (Å²) in [6, 6.07) is -0.850. The molecule has 9 nitrogen and oxygen atoms in total. The Kier molecular flexibility index (Phi) is 64.9. The number of carbonyl (C=O) groups excluding carboxylic acids is 2. The minimum Gasteiger partial charge on any atom is -0.456 e. The SMILES string of the molecule is CCCCC/C=C\C/C=C\C/C=C\C/C=C\CCCCCCCCCCCCCC(=O)OC(/C=C/CCCCCCCCCCCCC)C(COP(=O)(O)OCC[N+](C)(C)C)NC(=O)CCCCCCCCCCCCCCCCCCCCCCC. The molecule has 0 aliphatic carbocycles. The lowest BCUT2D eigenvalue weighted by atomic mass is 10.0. The second kappa shape index (κ2) is 66.6. The molecule has 10 heteroatoms. The molecule has 0 aromatic rings. The molecular weight excluding hydrogens is 1100 g/mol. The smallest absolute Gasteiger partial charge is 0.456 e. The minimum absolute atomic E-state index is 0.0410. The third kappa shape index (κ3) is 67.9. The van der Waals surface area contributed by atoms with Gasteiger partial charge in [0.25, 0.3) is 0 Å². The Labute approximate surface area is 541 Å². The summed E-state index contributed by atoms with van der Waals surface area (Å²) in [5, 5.41) is 3.08. The maximum Gasteiger partial charge on any atom is 0.472 e. The van der Waals surface area contributed by atoms with Gasteiger partial charge in [-0.15, -0.1) is 0 Å². The summed E-state index contributed by atoms with van der Waals surface area (Å²) >= 11 is 0. The minimum atomic E-state index is -4.46. The van der Waals surface area contributed by atoms with Crippen LogP contribution in [0.4, 0.5) is 0 Å². The third-order valence-electron chi connectivity index (χ3n) is 17.0. The fraction of sp³-hybridized carbons (Fsp3) is 0.844. The van der Waals surface area contributed by atoms with Crippen molar-refractivity contribution in [2.45, 2.75) is 380 Å². The number of rotatable bonds is 69. The summed E-state index contributed by atoms with van der Waals surface area (Å²) < 4.78 is 30.9. The molecule has 0 fully saturated rings. The summed E-state index contributed by atoms with van der Waals surface area (Å²) in [5.74, 6) is -0.490. The van der Waals surface area contributed by atoms with Crippen molar-refractivity contribution in [3.63, 3.8) is 0 Å². The molecule has 510 valence electrons. The van der Waals surface area contributed by atoms with Crippen molar-refractivity contribution >= 4 is 19.7 Å². The molecule has 0 rings (SSSR count). The number of nitrogens with one attached hydrogen (secondary N) is 1. The zero-order valence-corrected chi connectivity index (χ0v) is 59.4. The molecule has 0 saturated carbocycles. The third-order valence-corrected chi connectivity index (χ3v) is 17.9. The Morgan fingerprint density at radius 3 is 1.07 bits per heavy atom. The topological polar surface area (TPSA) is 111 Å². The molecule has 0 aliphatic rings. The highest BCUT2D eigenvalue weighted by Gasteiger charge is 2.30. The molecular formula is C77H146N2O7P+. The average molecular weight is 1240 g/mol. The molecule has 0 radical (unpaired) electrons. The van der Waals surface area contributed by atoms with Gasteiger partial charge in [-0.25, -0.2) is 4.57 Å². The van der Waals surface area contributed by atoms with Gasteiger partial charge < -0.3 is 19.4 Å². The Morgan fingerprint density at radius 1 is 0.402 bits per heavy atom. The number of phosphoric ester groups is 1. The van der Waals surface area contributed by atoms with E-state index in [0.29, 0.717) is 17.4 Å². The molecule has 87 heavy (non-hydrogen) atoms. The predicted octanol–water partition coefficient (Wildman–Crippen LogP) is 24.1. The Hall–Kier alpha value is -2.29. The van der Waals surface area contributed by atoms with E-state index < -0.39 is 20.0 Å². The number of hydrogen-bond donors (Lipinski definition) is 2. The number of hydrogen-bond acceptors (Lipinski definition) is 6. The Bertz CT molecular complexity index is 1670. The van der Waals surface area contributed by atoms with Crippen molar-refractivity contribution in [2.24, 2.45) is 0 Å². The van der Waals surface area contributed by atoms with Crippen molar-refractivity contribution in [1.29, 1.82) is 0 Å². The first-order chi connectivity index (χ1) is 42.4. The number of amides is 1. The fourth-order valence-electron chi connectivity index (χ4n) is 11.2. The first-order valence-corrected chi connectivity index (χ1v) is 39.1. The number of likely N-dealkylation sites (N-methyl/N-ethyl adjacent to an activating group) is 1. The van der Waals surface area contributed by atoms with Crippen LogP contribution < -0.4 is 5.32 Å². The van der Waals surface area contributed by atoms with Crippen molar-refractivity contribution in [1.82, 2.24) is 5.32 Å². The lowest BCUT2D eigenvalue weighted by Crippen LogP contribution is -2.47. The van der Waals surface area contributed by atoms with Gasteiger partial charge in [-0.05, 0) is 76.7 Å². The number of unbranched alkanes of at least 4 members (excludes halogenated alkanes) is 45. The lowest BCUT2D eigenvalue weighted by molar-refractivity contribution is -0.870. The quantitative estimate of drug-likeness (QED) is 0.0205. The molecule has 0 aromatic heterocycles. The van der Waals surface area contributed by atoms with Crippen molar-refractivity contribution in [2.75, 3.05) is 40.9 Å². The molecule has 0 saturated heterocycles. The zero-order valence-electron chi connectivity index (χ0n) is 58.5. The number of quaternary nitrogens is 1. The summed E-state index contributed by atoms with van der Waals surface area (Å²) in [5.41, 5.74) is 0. The van der Waals surface area contributed by atoms with Crippen molar-refractivity contribution in [3.8, 4) is 0 Å². The van der Waals surface area contributed by atoms with E-state index in [1.54, 1.807) is 0 Å². The molecule has 0 aliphatic heterocycles. The van der Waals surface area contributed by atoms with Gasteiger partial charge in [-0.1, -0.05) is 339 Å². The van der Waals surface area contributed by atoms with Gasteiger partial charge in [0.1, 0.15) is 19.3 Å². The van der Waals surface area contributed by atoms with E-state index >= 15 is 0 Å². The van der Waals surface area contributed by atoms with Gasteiger partial charge in [-0.2, -0.15) is 0 Å². The van der Waals surface area contributed by atoms with Gasteiger partial charge >= 0.3 is 13.8 Å². The summed E-state index contributed by atoms with van der Waals surface area (Å²) in [7, 11) is 1.51. The van der Waals surface area contributed by atoms with Crippen LogP contribution in [0.1, 0.15) is 367 Å². The molecule has 3 atom stereocenters. The van der Waals surface area contributed by atoms with Gasteiger partial charge in [0, 0.05) is 12.8 Å². The highest BCUT2D eigenvalue weighted by Crippen LogP contribution is 2.43. The zero-order chi connectivity index (χ0) is 63.5. The monoisotopic (exact) mass is 1240 g/mol. The van der Waals surface area contributed by atoms with E-state index in [4.69, 9.17) is 13.8 Å². The number of nitrogens with zero attached hydrogens (tertiary/aromatic N) is 1. The van der Waals surface area contributed by atoms with Gasteiger partial charge in [0.15, 0.2) is 0 Å². The van der Waals surface area contributed by atoms with Crippen LogP contribution >= 0.6 is 7.82 Å². The summed E-state index contributed by atoms with van der Waals surface area (Å²) in [6.07, 6.45) is 86.6. The first kappa shape index (κ1) is 84.7. The maximum atomic E-state index is 13.6. The lowest BCUT2D eigenvalue weighted by Gasteiger charge is -2.27. The van der Waals surface area contributed by atoms with Gasteiger partial charge in [-0.3, -0.25) is 18.6 Å². The molecule has 0 heterocycles. The molecule has 0 bridgehead atoms. The summed E-state index contributed by atoms with van der Waals surface area (Å²) in [6.45, 7) is 7.04. The standard InChI is InChI=1S/C77H145N2O7P/c1-7-10-13-16-19-22-25-28-30-32-34-36-37-38-39-40-41-43-45-47-49-52-55-58-61-64-67-70-77(81)86-75(68-65-62-59-56-53-50-27-24-21-18-15-12-9-3)74(73-85-87(82,83)84-72-71-79(4,5)6)78-76(80)69-66-63-60-57-54-51-48-46-44-42-35-33-31-29-26-23-20-17-14-11-8-2/h19,22,28,30,34,36,38-39,65,68,74-75H,7-18,20-21,23-27,29,31-33,35,37,40-64,66-67,69-73H2,1-6H3,(H-,78,80,82,83)/p+1/b22-19-,30-28-,36-34-,39-38-,68-65+. The Morgan fingerprint density at radius 2 is 0.701 bits per heavy atom. The second-order valence-electron chi connectivity index (χ2n) is 26.8. The van der Waals surface area contributed by atoms with Crippen LogP contribution in [0.3, 0.4) is 0 Å². The highest BCUT2D eigenvalue weighted by atomic mass is 31.2. The van der Waals surface area contributed by atoms with Crippen LogP contribution in [0.25, 0.3) is 0 Å². The molecule has 2 N–H and O–H groups in total. The van der Waals surface area contributed by atoms with E-state index in [1.807, 2.05) is 27.2 Å². The number of ether oxygens (including phenoxy) is 1. The van der Waals surface area contributed by atoms with E-state index in [-0.39, 0.29) is 31.5 Å². The van der Waals surface area contributed by atoms with Crippen LogP contribution in [0.2, 0.25) is 0 Å². The second-order valence-corrected chi connectivity index (χ2v) is 28.3. The van der Waals surface area contributed by atoms with E-state index in [0.717, 1.165) is 77.0 Å². The number of allylic oxidation sites excluding steroid dienone is 9. The predicted molar refractivity (Wildman–Crippen MR) is 378 cm³/mol. The van der Waals surface area contributed by atoms with E-state index in [2.05, 4.69) is 80.8 Å². The van der Waals surface area contributed by atoms with Crippen LogP contribution in [0.5, 0.6) is 0 Å². The van der Waals surface area contributed by atoms with Crippen LogP contribution in [-0.4, -0.2) is 74.3 Å². The Balaban J connectivity index is 5.03. The van der Waals surface area contributed by atoms with Gasteiger partial charge in [0.05, 0.1) is 33.8 Å². The molecule has 0 spiro atoms. The van der Waals surface area contributed by atoms with E-state index in [9.17, 15) is 19.0 Å². The highest BCUT2D eigenvalue weighted by molar-refractivity contribution is 7.47. The molecule has 0 aromatic carbocycles. The van der Waals surface area contributed by atoms with Crippen LogP contribution in [0.15, 0.2) is 60.8 Å². The fourth-order valence-corrected chi connectivity index (χ4v) is 11.9.